The van der Waals surface area contributed by atoms with Gasteiger partial charge in [-0.15, -0.1) is 0 Å². The molecule has 0 saturated heterocycles. The smallest absolute Gasteiger partial charge is 0.294 e. The second kappa shape index (κ2) is 3.63. The van der Waals surface area contributed by atoms with Crippen LogP contribution in [0.15, 0.2) is 24.3 Å². The first-order valence-electron chi connectivity index (χ1n) is 5.16. The number of fused-ring (bicyclic) bond motifs is 1. The van der Waals surface area contributed by atoms with Crippen LogP contribution in [-0.2, 0) is 19.9 Å². The zero-order chi connectivity index (χ0) is 11.8. The zero-order valence-corrected chi connectivity index (χ0v) is 9.27. The summed E-state index contributed by atoms with van der Waals surface area (Å²) in [6, 6.07) is 7.36. The van der Waals surface area contributed by atoms with Crippen LogP contribution in [0.25, 0.3) is 0 Å². The van der Waals surface area contributed by atoms with E-state index in [-0.39, 0.29) is 5.91 Å². The lowest BCUT2D eigenvalue weighted by Crippen LogP contribution is -2.40. The number of rotatable bonds is 3. The van der Waals surface area contributed by atoms with Crippen LogP contribution < -0.4 is 4.90 Å². The van der Waals surface area contributed by atoms with Crippen molar-refractivity contribution in [1.29, 1.82) is 0 Å². The van der Waals surface area contributed by atoms with E-state index in [2.05, 4.69) is 0 Å². The molecule has 1 amide bonds. The van der Waals surface area contributed by atoms with Gasteiger partial charge in [-0.25, -0.2) is 0 Å². The molecule has 0 N–H and O–H groups in total. The third kappa shape index (κ3) is 1.16. The van der Waals surface area contributed by atoms with Crippen molar-refractivity contribution >= 4 is 18.1 Å². The van der Waals surface area contributed by atoms with Gasteiger partial charge >= 0.3 is 0 Å². The quantitative estimate of drug-likeness (QED) is 0.723. The predicted molar refractivity (Wildman–Crippen MR) is 59.0 cm³/mol. The molecule has 4 nitrogen and oxygen atoms in total. The molecule has 0 aliphatic carbocycles. The Morgan fingerprint density at radius 3 is 2.75 bits per heavy atom. The highest BCUT2D eigenvalue weighted by molar-refractivity contribution is 6.07. The fourth-order valence-electron chi connectivity index (χ4n) is 2.22. The van der Waals surface area contributed by atoms with Gasteiger partial charge in [0.05, 0.1) is 5.69 Å². The second-order valence-electron chi connectivity index (χ2n) is 3.78. The zero-order valence-electron chi connectivity index (χ0n) is 9.27. The summed E-state index contributed by atoms with van der Waals surface area (Å²) in [5, 5.41) is 0. The molecule has 1 aromatic carbocycles. The summed E-state index contributed by atoms with van der Waals surface area (Å²) < 4.78 is 5.08. The molecular weight excluding hydrogens is 206 g/mol. The number of ether oxygens (including phenoxy) is 1. The molecule has 1 aliphatic rings. The first-order valence-corrected chi connectivity index (χ1v) is 5.16. The number of carbonyl (C=O) groups excluding carboxylic acids is 2. The van der Waals surface area contributed by atoms with Crippen molar-refractivity contribution in [2.45, 2.75) is 18.9 Å². The Hall–Kier alpha value is -1.84. The normalized spacial score (nSPS) is 23.1. The van der Waals surface area contributed by atoms with Crippen LogP contribution in [-0.4, -0.2) is 19.4 Å². The molecular formula is C12H13NO3. The Kier molecular flexibility index (Phi) is 2.42. The lowest BCUT2D eigenvalue weighted by Gasteiger charge is -2.24. The van der Waals surface area contributed by atoms with Gasteiger partial charge < -0.3 is 9.64 Å². The maximum absolute atomic E-state index is 12.1. The lowest BCUT2D eigenvalue weighted by atomic mass is 9.92. The number of para-hydroxylation sites is 1. The molecule has 1 heterocycles. The van der Waals surface area contributed by atoms with Gasteiger partial charge in [0, 0.05) is 12.6 Å². The van der Waals surface area contributed by atoms with Gasteiger partial charge in [0.2, 0.25) is 5.60 Å². The third-order valence-corrected chi connectivity index (χ3v) is 3.10. The number of amides is 1. The van der Waals surface area contributed by atoms with Gasteiger partial charge in [0.25, 0.3) is 12.4 Å². The summed E-state index contributed by atoms with van der Waals surface area (Å²) in [6.45, 7) is 2.18. The molecule has 0 radical (unpaired) electrons. The van der Waals surface area contributed by atoms with Crippen LogP contribution in [0, 0.1) is 0 Å². The number of hydrogen-bond acceptors (Lipinski definition) is 3. The molecule has 0 unspecified atom stereocenters. The summed E-state index contributed by atoms with van der Waals surface area (Å²) >= 11 is 0. The van der Waals surface area contributed by atoms with Gasteiger partial charge in [-0.2, -0.15) is 0 Å². The minimum Gasteiger partial charge on any atom is -0.446 e. The van der Waals surface area contributed by atoms with Crippen LogP contribution in [0.2, 0.25) is 0 Å². The monoisotopic (exact) mass is 219 g/mol. The highest BCUT2D eigenvalue weighted by Gasteiger charge is 2.50. The molecule has 1 aliphatic heterocycles. The van der Waals surface area contributed by atoms with E-state index in [4.69, 9.17) is 4.74 Å². The van der Waals surface area contributed by atoms with Crippen molar-refractivity contribution in [2.75, 3.05) is 11.9 Å². The molecule has 0 bridgehead atoms. The fourth-order valence-corrected chi connectivity index (χ4v) is 2.22. The Balaban J connectivity index is 2.63. The summed E-state index contributed by atoms with van der Waals surface area (Å²) in [5.74, 6) is -0.191. The standard InChI is InChI=1S/C12H13NO3/c1-3-12(16-8-14)9-6-4-5-7-10(9)13(2)11(12)15/h4-8H,3H2,1-2H3/t12-/m1/s1. The van der Waals surface area contributed by atoms with E-state index in [0.717, 1.165) is 11.3 Å². The minimum absolute atomic E-state index is 0.191. The number of benzene rings is 1. The Morgan fingerprint density at radius 1 is 1.44 bits per heavy atom. The molecule has 0 fully saturated rings. The number of likely N-dealkylation sites (N-methyl/N-ethyl adjacent to an activating group) is 1. The molecule has 1 atom stereocenters. The molecule has 16 heavy (non-hydrogen) atoms. The topological polar surface area (TPSA) is 46.6 Å². The molecule has 0 aromatic heterocycles. The van der Waals surface area contributed by atoms with Crippen LogP contribution >= 0.6 is 0 Å². The van der Waals surface area contributed by atoms with Gasteiger partial charge in [0.15, 0.2) is 0 Å². The molecule has 1 aromatic rings. The van der Waals surface area contributed by atoms with Crippen molar-refractivity contribution in [3.05, 3.63) is 29.8 Å². The molecule has 2 rings (SSSR count). The van der Waals surface area contributed by atoms with Crippen LogP contribution in [0.5, 0.6) is 0 Å². The van der Waals surface area contributed by atoms with Gasteiger partial charge in [-0.1, -0.05) is 25.1 Å². The van der Waals surface area contributed by atoms with Gasteiger partial charge in [-0.3, -0.25) is 9.59 Å². The van der Waals surface area contributed by atoms with E-state index in [0.29, 0.717) is 12.9 Å². The number of nitrogens with zero attached hydrogens (tertiary/aromatic N) is 1. The maximum Gasteiger partial charge on any atom is 0.294 e. The summed E-state index contributed by atoms with van der Waals surface area (Å²) in [4.78, 5) is 24.3. The van der Waals surface area contributed by atoms with Gasteiger partial charge in [0.1, 0.15) is 0 Å². The summed E-state index contributed by atoms with van der Waals surface area (Å²) in [6.07, 6.45) is 0.436. The Labute approximate surface area is 93.8 Å². The van der Waals surface area contributed by atoms with Gasteiger partial charge in [-0.05, 0) is 12.5 Å². The number of hydrogen-bond donors (Lipinski definition) is 0. The number of carbonyl (C=O) groups is 2. The second-order valence-corrected chi connectivity index (χ2v) is 3.78. The first-order chi connectivity index (χ1) is 7.67. The van der Waals surface area contributed by atoms with E-state index in [1.807, 2.05) is 31.2 Å². The van der Waals surface area contributed by atoms with E-state index in [1.54, 1.807) is 7.05 Å². The first kappa shape index (κ1) is 10.7. The Bertz CT molecular complexity index is 444. The Morgan fingerprint density at radius 2 is 2.12 bits per heavy atom. The molecule has 84 valence electrons. The average molecular weight is 219 g/mol. The summed E-state index contributed by atoms with van der Waals surface area (Å²) in [5.41, 5.74) is 0.431. The van der Waals surface area contributed by atoms with Crippen LogP contribution in [0.4, 0.5) is 5.69 Å². The summed E-state index contributed by atoms with van der Waals surface area (Å²) in [7, 11) is 1.69. The van der Waals surface area contributed by atoms with E-state index in [1.165, 1.54) is 4.90 Å². The largest absolute Gasteiger partial charge is 0.446 e. The SMILES string of the molecule is CC[C@]1(OC=O)C(=O)N(C)c2ccccc21. The van der Waals surface area contributed by atoms with Crippen LogP contribution in [0.3, 0.4) is 0 Å². The predicted octanol–water partition coefficient (Wildman–Crippen LogP) is 1.44. The molecule has 4 heteroatoms. The maximum atomic E-state index is 12.1. The fraction of sp³-hybridized carbons (Fsp3) is 0.333. The van der Waals surface area contributed by atoms with E-state index >= 15 is 0 Å². The highest BCUT2D eigenvalue weighted by Crippen LogP contribution is 2.43. The molecule has 0 spiro atoms. The van der Waals surface area contributed by atoms with E-state index < -0.39 is 5.60 Å². The highest BCUT2D eigenvalue weighted by atomic mass is 16.5. The van der Waals surface area contributed by atoms with Crippen molar-refractivity contribution in [1.82, 2.24) is 0 Å². The van der Waals surface area contributed by atoms with Crippen LogP contribution in [0.1, 0.15) is 18.9 Å². The van der Waals surface area contributed by atoms with Crippen molar-refractivity contribution < 1.29 is 14.3 Å². The average Bonchev–Trinajstić information content (AvgIpc) is 2.53. The lowest BCUT2D eigenvalue weighted by molar-refractivity contribution is -0.156. The van der Waals surface area contributed by atoms with Crippen molar-refractivity contribution in [3.63, 3.8) is 0 Å². The minimum atomic E-state index is -1.13. The van der Waals surface area contributed by atoms with Crippen molar-refractivity contribution in [2.24, 2.45) is 0 Å². The van der Waals surface area contributed by atoms with Crippen molar-refractivity contribution in [3.8, 4) is 0 Å². The molecule has 0 saturated carbocycles. The van der Waals surface area contributed by atoms with E-state index in [9.17, 15) is 9.59 Å². The third-order valence-electron chi connectivity index (χ3n) is 3.10. The number of anilines is 1.